The lowest BCUT2D eigenvalue weighted by molar-refractivity contribution is -0.126. The standard InChI is InChI=1S/C26H25F2N3O/c27-21-9-3-1-8-19(21)16-29-26(32)20-15-18-7-2-5-11-23(18)31-14-13-30(17-25(20)31)24-12-6-4-10-22(24)28/h1-12,20,25H,13-17H2,(H,29,32)/t20-,25-/m1/s1. The van der Waals surface area contributed by atoms with Crippen molar-refractivity contribution < 1.29 is 13.6 Å². The molecule has 0 saturated carbocycles. The van der Waals surface area contributed by atoms with E-state index in [9.17, 15) is 13.6 Å². The number of para-hydroxylation sites is 2. The summed E-state index contributed by atoms with van der Waals surface area (Å²) in [6.45, 7) is 2.07. The van der Waals surface area contributed by atoms with Gasteiger partial charge in [-0.15, -0.1) is 0 Å². The average Bonchev–Trinajstić information content (AvgIpc) is 2.83. The predicted molar refractivity (Wildman–Crippen MR) is 122 cm³/mol. The second-order valence-corrected chi connectivity index (χ2v) is 8.41. The highest BCUT2D eigenvalue weighted by atomic mass is 19.1. The first-order valence-corrected chi connectivity index (χ1v) is 11.0. The second kappa shape index (κ2) is 8.61. The first kappa shape index (κ1) is 20.5. The maximum Gasteiger partial charge on any atom is 0.225 e. The number of benzene rings is 3. The Morgan fingerprint density at radius 3 is 2.34 bits per heavy atom. The van der Waals surface area contributed by atoms with Crippen molar-refractivity contribution in [1.82, 2.24) is 5.32 Å². The van der Waals surface area contributed by atoms with Crippen LogP contribution in [0.5, 0.6) is 0 Å². The van der Waals surface area contributed by atoms with Crippen LogP contribution in [0.3, 0.4) is 0 Å². The van der Waals surface area contributed by atoms with E-state index in [4.69, 9.17) is 0 Å². The van der Waals surface area contributed by atoms with E-state index in [2.05, 4.69) is 22.3 Å². The third-order valence-electron chi connectivity index (χ3n) is 6.56. The number of carbonyl (C=O) groups is 1. The number of nitrogens with one attached hydrogen (secondary N) is 1. The van der Waals surface area contributed by atoms with Crippen LogP contribution in [-0.4, -0.2) is 31.6 Å². The minimum Gasteiger partial charge on any atom is -0.365 e. The maximum absolute atomic E-state index is 14.5. The molecule has 0 aromatic heterocycles. The van der Waals surface area contributed by atoms with Crippen LogP contribution in [0.1, 0.15) is 11.1 Å². The largest absolute Gasteiger partial charge is 0.365 e. The van der Waals surface area contributed by atoms with Gasteiger partial charge in [-0.25, -0.2) is 8.78 Å². The van der Waals surface area contributed by atoms with E-state index in [1.54, 1.807) is 30.3 Å². The molecule has 2 atom stereocenters. The van der Waals surface area contributed by atoms with Gasteiger partial charge in [0.2, 0.25) is 5.91 Å². The molecule has 3 aromatic carbocycles. The molecule has 3 aromatic rings. The molecular formula is C26H25F2N3O. The van der Waals surface area contributed by atoms with Crippen molar-refractivity contribution in [2.45, 2.75) is 19.0 Å². The monoisotopic (exact) mass is 433 g/mol. The zero-order valence-corrected chi connectivity index (χ0v) is 17.7. The number of halogens is 2. The summed E-state index contributed by atoms with van der Waals surface area (Å²) in [5.74, 6) is -0.996. The highest BCUT2D eigenvalue weighted by Gasteiger charge is 2.41. The summed E-state index contributed by atoms with van der Waals surface area (Å²) in [5.41, 5.74) is 3.31. The Kier molecular flexibility index (Phi) is 5.52. The number of rotatable bonds is 4. The van der Waals surface area contributed by atoms with Crippen molar-refractivity contribution in [3.8, 4) is 0 Å². The normalized spacial score (nSPS) is 19.8. The Bertz CT molecular complexity index is 1140. The van der Waals surface area contributed by atoms with Gasteiger partial charge in [0.1, 0.15) is 11.6 Å². The molecule has 4 nitrogen and oxygen atoms in total. The topological polar surface area (TPSA) is 35.6 Å². The van der Waals surface area contributed by atoms with Gasteiger partial charge < -0.3 is 15.1 Å². The van der Waals surface area contributed by atoms with E-state index in [1.807, 2.05) is 23.1 Å². The summed E-state index contributed by atoms with van der Waals surface area (Å²) < 4.78 is 28.5. The molecule has 5 rings (SSSR count). The smallest absolute Gasteiger partial charge is 0.225 e. The zero-order chi connectivity index (χ0) is 22.1. The molecule has 2 heterocycles. The quantitative estimate of drug-likeness (QED) is 0.672. The Morgan fingerprint density at radius 2 is 1.56 bits per heavy atom. The number of nitrogens with zero attached hydrogens (tertiary/aromatic N) is 2. The van der Waals surface area contributed by atoms with Gasteiger partial charge in [0.15, 0.2) is 0 Å². The van der Waals surface area contributed by atoms with Crippen LogP contribution in [0, 0.1) is 17.6 Å². The van der Waals surface area contributed by atoms with Crippen LogP contribution in [0.2, 0.25) is 0 Å². The van der Waals surface area contributed by atoms with Crippen molar-refractivity contribution >= 4 is 17.3 Å². The van der Waals surface area contributed by atoms with Crippen LogP contribution in [0.4, 0.5) is 20.2 Å². The number of fused-ring (bicyclic) bond motifs is 3. The highest BCUT2D eigenvalue weighted by Crippen LogP contribution is 2.37. The van der Waals surface area contributed by atoms with Gasteiger partial charge in [-0.1, -0.05) is 48.5 Å². The van der Waals surface area contributed by atoms with Gasteiger partial charge in [-0.2, -0.15) is 0 Å². The summed E-state index contributed by atoms with van der Waals surface area (Å²) in [7, 11) is 0. The summed E-state index contributed by atoms with van der Waals surface area (Å²) in [4.78, 5) is 17.6. The van der Waals surface area contributed by atoms with Gasteiger partial charge in [-0.05, 0) is 36.2 Å². The fourth-order valence-electron chi connectivity index (χ4n) is 4.94. The molecule has 0 radical (unpaired) electrons. The van der Waals surface area contributed by atoms with Crippen LogP contribution in [-0.2, 0) is 17.8 Å². The lowest BCUT2D eigenvalue weighted by Crippen LogP contribution is -2.61. The molecule has 2 aliphatic rings. The van der Waals surface area contributed by atoms with Crippen LogP contribution >= 0.6 is 0 Å². The molecule has 164 valence electrons. The Labute approximate surface area is 186 Å². The van der Waals surface area contributed by atoms with Gasteiger partial charge in [-0.3, -0.25) is 4.79 Å². The summed E-state index contributed by atoms with van der Waals surface area (Å²) >= 11 is 0. The summed E-state index contributed by atoms with van der Waals surface area (Å²) in [5, 5.41) is 2.94. The molecule has 6 heteroatoms. The molecular weight excluding hydrogens is 408 g/mol. The van der Waals surface area contributed by atoms with E-state index >= 15 is 0 Å². The number of anilines is 2. The fraction of sp³-hybridized carbons (Fsp3) is 0.269. The van der Waals surface area contributed by atoms with Crippen LogP contribution < -0.4 is 15.1 Å². The summed E-state index contributed by atoms with van der Waals surface area (Å²) in [6, 6.07) is 21.3. The zero-order valence-electron chi connectivity index (χ0n) is 17.7. The molecule has 0 unspecified atom stereocenters. The van der Waals surface area contributed by atoms with Crippen molar-refractivity contribution in [2.24, 2.45) is 5.92 Å². The molecule has 0 aliphatic carbocycles. The van der Waals surface area contributed by atoms with Gasteiger partial charge >= 0.3 is 0 Å². The second-order valence-electron chi connectivity index (χ2n) is 8.41. The van der Waals surface area contributed by atoms with Crippen LogP contribution in [0.25, 0.3) is 0 Å². The number of carbonyl (C=O) groups excluding carboxylic acids is 1. The fourth-order valence-corrected chi connectivity index (χ4v) is 4.94. The SMILES string of the molecule is O=C(NCc1ccccc1F)[C@@H]1Cc2ccccc2N2CCN(c3ccccc3F)C[C@H]12. The van der Waals surface area contributed by atoms with Crippen molar-refractivity contribution in [3.05, 3.63) is 95.6 Å². The van der Waals surface area contributed by atoms with Crippen LogP contribution in [0.15, 0.2) is 72.8 Å². The first-order valence-electron chi connectivity index (χ1n) is 11.0. The molecule has 2 aliphatic heterocycles. The van der Waals surface area contributed by atoms with Gasteiger partial charge in [0.05, 0.1) is 17.6 Å². The van der Waals surface area contributed by atoms with Gasteiger partial charge in [0.25, 0.3) is 0 Å². The van der Waals surface area contributed by atoms with Crippen molar-refractivity contribution in [2.75, 3.05) is 29.4 Å². The van der Waals surface area contributed by atoms with E-state index in [0.29, 0.717) is 37.3 Å². The van der Waals surface area contributed by atoms with E-state index < -0.39 is 0 Å². The molecule has 0 bridgehead atoms. The Morgan fingerprint density at radius 1 is 0.875 bits per heavy atom. The lowest BCUT2D eigenvalue weighted by atomic mass is 9.83. The third kappa shape index (κ3) is 3.81. The average molecular weight is 434 g/mol. The lowest BCUT2D eigenvalue weighted by Gasteiger charge is -2.49. The number of hydrogen-bond acceptors (Lipinski definition) is 3. The maximum atomic E-state index is 14.5. The van der Waals surface area contributed by atoms with E-state index in [1.165, 1.54) is 12.1 Å². The number of piperazine rings is 1. The Hall–Kier alpha value is -3.41. The molecule has 0 spiro atoms. The van der Waals surface area contributed by atoms with Gasteiger partial charge in [0, 0.05) is 37.4 Å². The molecule has 1 saturated heterocycles. The first-order chi connectivity index (χ1) is 15.6. The minimum atomic E-state index is -0.327. The van der Waals surface area contributed by atoms with Crippen molar-refractivity contribution in [1.29, 1.82) is 0 Å². The molecule has 1 N–H and O–H groups in total. The third-order valence-corrected chi connectivity index (χ3v) is 6.56. The van der Waals surface area contributed by atoms with E-state index in [0.717, 1.165) is 11.3 Å². The minimum absolute atomic E-state index is 0.0983. The predicted octanol–water partition coefficient (Wildman–Crippen LogP) is 4.15. The summed E-state index contributed by atoms with van der Waals surface area (Å²) in [6.07, 6.45) is 0.603. The van der Waals surface area contributed by atoms with Crippen molar-refractivity contribution in [3.63, 3.8) is 0 Å². The van der Waals surface area contributed by atoms with E-state index in [-0.39, 0.29) is 36.0 Å². The highest BCUT2D eigenvalue weighted by molar-refractivity contribution is 5.82. The molecule has 32 heavy (non-hydrogen) atoms. The Balaban J connectivity index is 1.41. The number of amides is 1. The number of hydrogen-bond donors (Lipinski definition) is 1. The molecule has 1 amide bonds. The molecule has 1 fully saturated rings.